The molecule has 4 fully saturated rings. The third kappa shape index (κ3) is 28.4. The second kappa shape index (κ2) is 49.5. The number of halogens is 16. The normalized spacial score (nSPS) is 20.2. The van der Waals surface area contributed by atoms with Crippen LogP contribution in [0.4, 0.5) is 76.0 Å². The number of anilines is 4. The lowest BCUT2D eigenvalue weighted by Crippen LogP contribution is -2.39. The van der Waals surface area contributed by atoms with Crippen molar-refractivity contribution in [2.75, 3.05) is 56.3 Å². The van der Waals surface area contributed by atoms with Gasteiger partial charge in [0, 0.05) is 82.3 Å². The summed E-state index contributed by atoms with van der Waals surface area (Å²) < 4.78 is 173. The van der Waals surface area contributed by atoms with Gasteiger partial charge in [0.05, 0.1) is 138 Å². The molecule has 46 heteroatoms. The Labute approximate surface area is 871 Å². The molecule has 0 unspecified atom stereocenters. The lowest BCUT2D eigenvalue weighted by Gasteiger charge is -2.32. The molecule has 12 aromatic rings. The second-order valence-corrected chi connectivity index (χ2v) is 39.7. The Morgan fingerprint density at radius 2 is 0.633 bits per heavy atom. The standard InChI is InChI=1S/C26H26BrF4N5O2.2C25H25BrF2N4O4.C25H23F4IN4O3/c1-33-11-20(15-6-16(27)9-17(28)7-15)36-25(38)18-4-2-13(8-19(18)29)23-24(32)34-12-21(35-23)14-3-5-22(37)26(30,31)10-14;2*26-15-5-14(6-16(27)9-15)20(11-33)32-25(36)17-3-1-13(7-18(17)28)23-24(29)30-10-19(31-23)12-2-4-21(34)22(35)8-12;26-15-5-14(6-16(30)8-15)20(11-35)34-24(37)17-3-1-12(7-18(17)27)22-23(31)32-10-19(33-22)13-2-4-21(36)25(28,29)9-13/h2,4,6-9,12,14,20,22,33,37H,3,5,10-11H2,1H3,(H2,32,34)(H,36,38);2*1,3,5-7,9-10,12,20-22,33-35H,2,4,8,11H2,(H2,29,30)(H,32,36);1,3,5-8,10,13,20-21,35-36H,2,4,9,11H2,(H2,31,32)(H,34,37)/t14-,20+,22-;12-,20+,21+,22-;12-,20-,21-,22-;13-,20-,21-/m0011/s1. The Morgan fingerprint density at radius 1 is 0.367 bits per heavy atom. The summed E-state index contributed by atoms with van der Waals surface area (Å²) in [7, 11) is 1.67. The Morgan fingerprint density at radius 3 is 0.891 bits per heavy atom. The summed E-state index contributed by atoms with van der Waals surface area (Å²) in [5.41, 5.74) is 27.4. The van der Waals surface area contributed by atoms with E-state index in [1.165, 1.54) is 122 Å². The lowest BCUT2D eigenvalue weighted by atomic mass is 9.83. The van der Waals surface area contributed by atoms with E-state index in [1.54, 1.807) is 31.3 Å². The SMILES string of the molecule is CNC[C@@H](NC(=O)c1ccc(-c2nc([C@H]3CC[C@H](O)C(F)(F)C3)cnc2N)cc1F)c1cc(F)cc(Br)c1.Nc1ncc([C@@H]2CC[C@@H](O)C(F)(F)C2)nc1-c1ccc(C(=O)N[C@H](CO)c2cc(F)cc(I)c2)c(F)c1.Nc1ncc([C@@H]2CC[C@@H](O)[C@H](O)C2)nc1-c1ccc(C(=O)N[C@H](CO)c2cc(F)cc(Br)c2)c(F)c1.Nc1ncc([C@H]2CC[C@@H](O)[C@@H](O)C2)nc1-c1ccc(C(=O)N[C@H](CO)c2cc(F)cc(Br)c2)c(F)c1. The minimum Gasteiger partial charge on any atom is -0.394 e. The maximum Gasteiger partial charge on any atom is 0.274 e. The van der Waals surface area contributed by atoms with Crippen LogP contribution in [0, 0.1) is 50.1 Å². The van der Waals surface area contributed by atoms with Crippen LogP contribution < -0.4 is 49.5 Å². The highest BCUT2D eigenvalue weighted by Crippen LogP contribution is 2.46. The van der Waals surface area contributed by atoms with Crippen LogP contribution >= 0.6 is 70.4 Å². The average molecular weight is 2350 g/mol. The number of carbonyl (C=O) groups is 4. The number of rotatable bonds is 25. The molecule has 4 aliphatic rings. The van der Waals surface area contributed by atoms with Crippen LogP contribution in [0.2, 0.25) is 0 Å². The van der Waals surface area contributed by atoms with E-state index in [-0.39, 0.29) is 135 Å². The molecule has 0 saturated heterocycles. The summed E-state index contributed by atoms with van der Waals surface area (Å²) in [5.74, 6) is -16.8. The van der Waals surface area contributed by atoms with Gasteiger partial charge in [-0.05, 0) is 237 Å². The first-order valence-electron chi connectivity index (χ1n) is 45.9. The van der Waals surface area contributed by atoms with Crippen molar-refractivity contribution in [3.63, 3.8) is 0 Å². The number of nitrogens with zero attached hydrogens (tertiary/aromatic N) is 8. The largest absolute Gasteiger partial charge is 0.394 e. The number of amides is 4. The topological polar surface area (TPSA) is 518 Å². The van der Waals surface area contributed by atoms with Gasteiger partial charge in [0.1, 0.15) is 105 Å². The van der Waals surface area contributed by atoms with E-state index in [0.717, 1.165) is 24.3 Å². The first-order chi connectivity index (χ1) is 69.8. The van der Waals surface area contributed by atoms with Crippen molar-refractivity contribution >= 4 is 117 Å². The zero-order valence-corrected chi connectivity index (χ0v) is 84.6. The van der Waals surface area contributed by atoms with Crippen molar-refractivity contribution < 1.29 is 118 Å². The Bertz CT molecular complexity index is 6540. The smallest absolute Gasteiger partial charge is 0.274 e. The second-order valence-electron chi connectivity index (χ2n) is 35.7. The third-order valence-electron chi connectivity index (χ3n) is 25.4. The summed E-state index contributed by atoms with van der Waals surface area (Å²) in [6, 6.07) is 27.8. The number of hydrogen-bond acceptors (Lipinski definition) is 26. The van der Waals surface area contributed by atoms with E-state index in [0.29, 0.717) is 100 Å². The number of aromatic nitrogens is 8. The van der Waals surface area contributed by atoms with Crippen LogP contribution in [0.15, 0.2) is 184 Å². The van der Waals surface area contributed by atoms with Crippen LogP contribution in [0.3, 0.4) is 0 Å². The van der Waals surface area contributed by atoms with E-state index >= 15 is 17.6 Å². The van der Waals surface area contributed by atoms with Crippen molar-refractivity contribution in [2.45, 2.75) is 173 Å². The fraction of sp³-hybridized carbons (Fsp3) is 0.327. The van der Waals surface area contributed by atoms with Crippen LogP contribution in [0.25, 0.3) is 45.0 Å². The number of alkyl halides is 4. The molecule has 4 amide bonds. The highest BCUT2D eigenvalue weighted by molar-refractivity contribution is 14.1. The number of aliphatic hydroxyl groups excluding tert-OH is 9. The highest BCUT2D eigenvalue weighted by Gasteiger charge is 2.47. The molecule has 4 aromatic heterocycles. The molecular formula is C101H99Br3F12IN17O13. The van der Waals surface area contributed by atoms with Gasteiger partial charge >= 0.3 is 0 Å². The van der Waals surface area contributed by atoms with Crippen molar-refractivity contribution in [1.29, 1.82) is 0 Å². The van der Waals surface area contributed by atoms with Crippen LogP contribution in [0.5, 0.6) is 0 Å². The minimum atomic E-state index is -3.26. The van der Waals surface area contributed by atoms with Crippen molar-refractivity contribution in [1.82, 2.24) is 66.5 Å². The first kappa shape index (κ1) is 112. The number of benzene rings is 8. The molecule has 14 atom stereocenters. The maximum atomic E-state index is 15.1. The van der Waals surface area contributed by atoms with E-state index in [4.69, 9.17) is 22.9 Å². The quantitative estimate of drug-likeness (QED) is 0.0187. The van der Waals surface area contributed by atoms with Crippen LogP contribution in [0.1, 0.15) is 211 Å². The fourth-order valence-corrected chi connectivity index (χ4v) is 19.6. The van der Waals surface area contributed by atoms with Gasteiger partial charge in [0.15, 0.2) is 0 Å². The van der Waals surface area contributed by atoms with E-state index in [2.05, 4.69) is 114 Å². The van der Waals surface area contributed by atoms with Gasteiger partial charge in [-0.2, -0.15) is 0 Å². The molecule has 4 aliphatic carbocycles. The molecule has 0 aliphatic heterocycles. The van der Waals surface area contributed by atoms with Crippen molar-refractivity contribution in [3.05, 3.63) is 301 Å². The average Bonchev–Trinajstić information content (AvgIpc) is 0.782. The summed E-state index contributed by atoms with van der Waals surface area (Å²) >= 11 is 11.5. The van der Waals surface area contributed by atoms with E-state index in [1.807, 2.05) is 22.6 Å². The van der Waals surface area contributed by atoms with Gasteiger partial charge in [-0.15, -0.1) is 0 Å². The predicted octanol–water partition coefficient (Wildman–Crippen LogP) is 15.5. The van der Waals surface area contributed by atoms with Gasteiger partial charge in [-0.1, -0.05) is 72.1 Å². The number of aliphatic hydroxyl groups is 9. The van der Waals surface area contributed by atoms with E-state index in [9.17, 15) is 100 Å². The summed E-state index contributed by atoms with van der Waals surface area (Å²) in [4.78, 5) is 85.4. The Kier molecular flexibility index (Phi) is 37.8. The molecule has 778 valence electrons. The van der Waals surface area contributed by atoms with E-state index < -0.39 is 187 Å². The molecule has 4 heterocycles. The molecule has 4 saturated carbocycles. The number of hydrogen-bond donors (Lipinski definition) is 18. The minimum absolute atomic E-state index is 0.0290. The molecule has 0 bridgehead atoms. The molecule has 30 nitrogen and oxygen atoms in total. The van der Waals surface area contributed by atoms with Crippen molar-refractivity contribution in [2.24, 2.45) is 0 Å². The molecule has 0 spiro atoms. The number of likely N-dealkylation sites (N-methyl/N-ethyl adjacent to an activating group) is 1. The summed E-state index contributed by atoms with van der Waals surface area (Å²) in [6.45, 7) is -1.32. The fourth-order valence-electron chi connectivity index (χ4n) is 17.5. The summed E-state index contributed by atoms with van der Waals surface area (Å²) in [5, 5.41) is 101. The van der Waals surface area contributed by atoms with Gasteiger partial charge in [-0.3, -0.25) is 19.2 Å². The third-order valence-corrected chi connectivity index (χ3v) is 27.4. The Hall–Kier alpha value is -11.9. The van der Waals surface area contributed by atoms with Crippen LogP contribution in [-0.4, -0.2) is 191 Å². The molecule has 0 radical (unpaired) electrons. The number of carbonyl (C=O) groups excluding carboxylic acids is 4. The van der Waals surface area contributed by atoms with Gasteiger partial charge in [0.2, 0.25) is 0 Å². The molecule has 22 N–H and O–H groups in total. The van der Waals surface area contributed by atoms with Gasteiger partial charge < -0.3 is 95.5 Å². The van der Waals surface area contributed by atoms with Crippen LogP contribution in [-0.2, 0) is 0 Å². The maximum absolute atomic E-state index is 15.1. The predicted molar refractivity (Wildman–Crippen MR) is 537 cm³/mol. The molecule has 147 heavy (non-hydrogen) atoms. The zero-order chi connectivity index (χ0) is 106. The molecule has 8 aromatic carbocycles. The van der Waals surface area contributed by atoms with Gasteiger partial charge in [0.25, 0.3) is 35.5 Å². The lowest BCUT2D eigenvalue weighted by molar-refractivity contribution is -0.136. The van der Waals surface area contributed by atoms with Gasteiger partial charge in [-0.25, -0.2) is 92.6 Å². The molecule has 16 rings (SSSR count). The number of nitrogens with two attached hydrogens (primary N) is 4. The first-order valence-corrected chi connectivity index (χ1v) is 49.3. The monoisotopic (exact) mass is 2350 g/mol. The molecular weight excluding hydrogens is 2250 g/mol. The van der Waals surface area contributed by atoms with Crippen molar-refractivity contribution in [3.8, 4) is 45.0 Å². The number of nitrogens with one attached hydrogen (secondary N) is 5. The Balaban J connectivity index is 0.000000164. The highest BCUT2D eigenvalue weighted by atomic mass is 127. The number of nitrogen functional groups attached to an aromatic ring is 4. The summed E-state index contributed by atoms with van der Waals surface area (Å²) in [6.07, 6.45) is 0.814. The zero-order valence-electron chi connectivity index (χ0n) is 77.7.